The van der Waals surface area contributed by atoms with Gasteiger partial charge >= 0.3 is 0 Å². The molecule has 2 aromatic carbocycles. The highest BCUT2D eigenvalue weighted by atomic mass is 16.5. The first-order valence-corrected chi connectivity index (χ1v) is 14.2. The number of rotatable bonds is 6. The molecule has 1 aliphatic heterocycles. The van der Waals surface area contributed by atoms with Crippen molar-refractivity contribution in [2.75, 3.05) is 26.8 Å². The first kappa shape index (κ1) is 30.2. The molecule has 0 saturated heterocycles. The van der Waals surface area contributed by atoms with Gasteiger partial charge in [-0.25, -0.2) is 0 Å². The van der Waals surface area contributed by atoms with Crippen molar-refractivity contribution in [3.8, 4) is 11.5 Å². The van der Waals surface area contributed by atoms with Crippen LogP contribution in [0.2, 0.25) is 0 Å². The lowest BCUT2D eigenvalue weighted by Gasteiger charge is -2.24. The minimum atomic E-state index is -0.542. The summed E-state index contributed by atoms with van der Waals surface area (Å²) < 4.78 is 11.5. The van der Waals surface area contributed by atoms with Gasteiger partial charge in [-0.1, -0.05) is 69.7 Å². The lowest BCUT2D eigenvalue weighted by atomic mass is 9.92. The largest absolute Gasteiger partial charge is 0.497 e. The van der Waals surface area contributed by atoms with Crippen LogP contribution in [0.1, 0.15) is 51.2 Å². The number of fused-ring (bicyclic) bond motifs is 1. The fraction of sp³-hybridized carbons (Fsp3) is 0.500. The van der Waals surface area contributed by atoms with Crippen molar-refractivity contribution >= 4 is 11.8 Å². The zero-order valence-electron chi connectivity index (χ0n) is 23.9. The van der Waals surface area contributed by atoms with Gasteiger partial charge in [0.05, 0.1) is 13.0 Å². The summed E-state index contributed by atoms with van der Waals surface area (Å²) in [4.78, 5) is 26.3. The van der Waals surface area contributed by atoms with Crippen LogP contribution in [-0.4, -0.2) is 50.7 Å². The molecule has 3 N–H and O–H groups in total. The van der Waals surface area contributed by atoms with Crippen molar-refractivity contribution in [3.63, 3.8) is 0 Å². The molecule has 2 amide bonds. The van der Waals surface area contributed by atoms with E-state index in [4.69, 9.17) is 9.47 Å². The van der Waals surface area contributed by atoms with E-state index < -0.39 is 6.04 Å². The van der Waals surface area contributed by atoms with Gasteiger partial charge in [0.1, 0.15) is 24.1 Å². The Bertz CT molecular complexity index is 1070. The SMILES string of the molecule is CCC[C@@H]1NC(=O)[C@@H](C(C)C)/C=C/[C@@H](Cc2ccc(OC)cc2)NCCOc2ccccc2CCCNC1=O. The molecule has 7 nitrogen and oxygen atoms in total. The monoisotopic (exact) mass is 535 g/mol. The highest BCUT2D eigenvalue weighted by Crippen LogP contribution is 2.20. The molecular weight excluding hydrogens is 490 g/mol. The first-order chi connectivity index (χ1) is 18.9. The van der Waals surface area contributed by atoms with Gasteiger partial charge in [-0.05, 0) is 60.9 Å². The zero-order chi connectivity index (χ0) is 28.0. The quantitative estimate of drug-likeness (QED) is 0.476. The summed E-state index contributed by atoms with van der Waals surface area (Å²) in [5.41, 5.74) is 2.29. The number of nitrogens with one attached hydrogen (secondary N) is 3. The molecular formula is C32H45N3O4. The molecule has 1 aliphatic rings. The Hall–Kier alpha value is -3.32. The Balaban J connectivity index is 1.84. The minimum Gasteiger partial charge on any atom is -0.497 e. The molecule has 0 bridgehead atoms. The lowest BCUT2D eigenvalue weighted by Crippen LogP contribution is -2.49. The van der Waals surface area contributed by atoms with Crippen LogP contribution in [0.5, 0.6) is 11.5 Å². The molecule has 0 unspecified atom stereocenters. The van der Waals surface area contributed by atoms with Gasteiger partial charge in [-0.15, -0.1) is 0 Å². The predicted molar refractivity (Wildman–Crippen MR) is 156 cm³/mol. The Morgan fingerprint density at radius 2 is 1.77 bits per heavy atom. The van der Waals surface area contributed by atoms with E-state index in [-0.39, 0.29) is 29.7 Å². The van der Waals surface area contributed by atoms with Gasteiger partial charge in [0.15, 0.2) is 0 Å². The van der Waals surface area contributed by atoms with Crippen LogP contribution >= 0.6 is 0 Å². The molecule has 3 atom stereocenters. The highest BCUT2D eigenvalue weighted by molar-refractivity contribution is 5.89. The molecule has 0 radical (unpaired) electrons. The number of para-hydroxylation sites is 1. The van der Waals surface area contributed by atoms with E-state index in [0.717, 1.165) is 48.3 Å². The molecule has 0 saturated carbocycles. The average molecular weight is 536 g/mol. The van der Waals surface area contributed by atoms with Crippen molar-refractivity contribution in [2.45, 2.75) is 65.0 Å². The van der Waals surface area contributed by atoms with E-state index in [9.17, 15) is 9.59 Å². The van der Waals surface area contributed by atoms with Crippen LogP contribution < -0.4 is 25.4 Å². The average Bonchev–Trinajstić information content (AvgIpc) is 2.93. The molecule has 2 aromatic rings. The van der Waals surface area contributed by atoms with Crippen LogP contribution in [-0.2, 0) is 22.4 Å². The third-order valence-corrected chi connectivity index (χ3v) is 7.06. The summed E-state index contributed by atoms with van der Waals surface area (Å²) in [6, 6.07) is 15.6. The van der Waals surface area contributed by atoms with E-state index in [2.05, 4.69) is 40.2 Å². The maximum atomic E-state index is 13.4. The van der Waals surface area contributed by atoms with Crippen molar-refractivity contribution in [3.05, 3.63) is 71.8 Å². The van der Waals surface area contributed by atoms with Gasteiger partial charge in [-0.2, -0.15) is 0 Å². The number of hydrogen-bond acceptors (Lipinski definition) is 5. The standard InChI is InChI=1S/C32H45N3O4/c1-5-9-29-32(37)34-19-8-11-25-10-6-7-12-30(25)39-21-20-33-26(15-18-28(23(2)3)31(36)35-29)22-24-13-16-27(38-4)17-14-24/h6-7,10,12-18,23,26,28-29,33H,5,8-9,11,19-22H2,1-4H3,(H,34,37)(H,35,36)/b18-15+/t26-,28+,29-/m0/s1. The van der Waals surface area contributed by atoms with E-state index in [1.54, 1.807) is 7.11 Å². The van der Waals surface area contributed by atoms with Crippen LogP contribution in [0.3, 0.4) is 0 Å². The number of benzene rings is 2. The number of amides is 2. The molecule has 0 fully saturated rings. The fourth-order valence-corrected chi connectivity index (χ4v) is 4.79. The summed E-state index contributed by atoms with van der Waals surface area (Å²) in [5, 5.41) is 9.67. The highest BCUT2D eigenvalue weighted by Gasteiger charge is 2.26. The molecule has 212 valence electrons. The van der Waals surface area contributed by atoms with Gasteiger partial charge < -0.3 is 25.4 Å². The summed E-state index contributed by atoms with van der Waals surface area (Å²) in [6.07, 6.45) is 7.82. The van der Waals surface area contributed by atoms with Crippen molar-refractivity contribution in [2.24, 2.45) is 11.8 Å². The predicted octanol–water partition coefficient (Wildman–Crippen LogP) is 4.45. The third-order valence-electron chi connectivity index (χ3n) is 7.06. The molecule has 39 heavy (non-hydrogen) atoms. The van der Waals surface area contributed by atoms with Crippen molar-refractivity contribution in [1.29, 1.82) is 0 Å². The number of ether oxygens (including phenoxy) is 2. The summed E-state index contributed by atoms with van der Waals surface area (Å²) in [7, 11) is 1.66. The second kappa shape index (κ2) is 15.9. The Morgan fingerprint density at radius 1 is 1.00 bits per heavy atom. The fourth-order valence-electron chi connectivity index (χ4n) is 4.79. The van der Waals surface area contributed by atoms with Crippen LogP contribution in [0.25, 0.3) is 0 Å². The second-order valence-electron chi connectivity index (χ2n) is 10.5. The summed E-state index contributed by atoms with van der Waals surface area (Å²) in [5.74, 6) is 1.20. The van der Waals surface area contributed by atoms with Crippen molar-refractivity contribution < 1.29 is 19.1 Å². The molecule has 0 spiro atoms. The first-order valence-electron chi connectivity index (χ1n) is 14.2. The Morgan fingerprint density at radius 3 is 2.49 bits per heavy atom. The molecule has 7 heteroatoms. The number of carbonyl (C=O) groups is 2. The molecule has 0 aliphatic carbocycles. The zero-order valence-corrected chi connectivity index (χ0v) is 23.9. The number of hydrogen-bond donors (Lipinski definition) is 3. The number of methoxy groups -OCH3 is 1. The molecule has 0 aromatic heterocycles. The normalized spacial score (nSPS) is 22.4. The third kappa shape index (κ3) is 9.74. The maximum Gasteiger partial charge on any atom is 0.242 e. The summed E-state index contributed by atoms with van der Waals surface area (Å²) >= 11 is 0. The van der Waals surface area contributed by atoms with Crippen LogP contribution in [0.4, 0.5) is 0 Å². The smallest absolute Gasteiger partial charge is 0.242 e. The van der Waals surface area contributed by atoms with E-state index >= 15 is 0 Å². The topological polar surface area (TPSA) is 88.7 Å². The van der Waals surface area contributed by atoms with Gasteiger partial charge in [0, 0.05) is 19.1 Å². The van der Waals surface area contributed by atoms with Crippen LogP contribution in [0.15, 0.2) is 60.7 Å². The van der Waals surface area contributed by atoms with Crippen molar-refractivity contribution in [1.82, 2.24) is 16.0 Å². The number of aryl methyl sites for hydroxylation is 1. The molecule has 3 rings (SSSR count). The molecule has 1 heterocycles. The lowest BCUT2D eigenvalue weighted by molar-refractivity contribution is -0.131. The van der Waals surface area contributed by atoms with Gasteiger partial charge in [-0.3, -0.25) is 9.59 Å². The van der Waals surface area contributed by atoms with E-state index in [1.165, 1.54) is 0 Å². The summed E-state index contributed by atoms with van der Waals surface area (Å²) in [6.45, 7) is 7.82. The maximum absolute atomic E-state index is 13.4. The number of carbonyl (C=O) groups excluding carboxylic acids is 2. The Labute approximate surface area is 233 Å². The van der Waals surface area contributed by atoms with E-state index in [0.29, 0.717) is 26.1 Å². The van der Waals surface area contributed by atoms with Crippen LogP contribution in [0, 0.1) is 11.8 Å². The minimum absolute atomic E-state index is 0.0000837. The van der Waals surface area contributed by atoms with Gasteiger partial charge in [0.2, 0.25) is 11.8 Å². The Kier molecular flexibility index (Phi) is 12.4. The van der Waals surface area contributed by atoms with Gasteiger partial charge in [0.25, 0.3) is 0 Å². The van der Waals surface area contributed by atoms with E-state index in [1.807, 2.05) is 57.2 Å². The second-order valence-corrected chi connectivity index (χ2v) is 10.5.